The molecule has 0 atom stereocenters. The third-order valence-electron chi connectivity index (χ3n) is 2.12. The molecule has 0 N–H and O–H groups in total. The Labute approximate surface area is 104 Å². The molecule has 0 aliphatic heterocycles. The fraction of sp³-hybridized carbons (Fsp3) is 0.846. The van der Waals surface area contributed by atoms with Crippen molar-refractivity contribution in [3.05, 3.63) is 0 Å². The number of likely N-dealkylation sites (N-methyl/N-ethyl adjacent to an activating group) is 1. The number of esters is 1. The number of hydrogen-bond acceptors (Lipinski definition) is 3. The van der Waals surface area contributed by atoms with Crippen molar-refractivity contribution < 1.29 is 14.3 Å². The van der Waals surface area contributed by atoms with E-state index in [0.29, 0.717) is 6.54 Å². The number of rotatable bonds is 2. The molecule has 0 fully saturated rings. The number of ether oxygens (including phenoxy) is 1. The van der Waals surface area contributed by atoms with E-state index in [-0.39, 0.29) is 5.41 Å². The van der Waals surface area contributed by atoms with E-state index in [2.05, 4.69) is 20.8 Å². The van der Waals surface area contributed by atoms with Crippen molar-refractivity contribution in [2.24, 2.45) is 5.41 Å². The molecule has 4 heteroatoms. The van der Waals surface area contributed by atoms with Crippen molar-refractivity contribution in [3.8, 4) is 0 Å². The molecule has 0 spiro atoms. The molecule has 0 bridgehead atoms. The van der Waals surface area contributed by atoms with Crippen molar-refractivity contribution in [3.63, 3.8) is 0 Å². The highest BCUT2D eigenvalue weighted by molar-refractivity contribution is 6.32. The van der Waals surface area contributed by atoms with Gasteiger partial charge in [0, 0.05) is 13.6 Å². The second kappa shape index (κ2) is 5.52. The lowest BCUT2D eigenvalue weighted by Crippen LogP contribution is -2.39. The molecule has 1 amide bonds. The van der Waals surface area contributed by atoms with Gasteiger partial charge in [-0.25, -0.2) is 4.79 Å². The van der Waals surface area contributed by atoms with Gasteiger partial charge in [-0.3, -0.25) is 4.79 Å². The SMILES string of the molecule is CN(CCC(C)(C)C)C(=O)C(=O)OC(C)(C)C. The molecular formula is C13H25NO3. The topological polar surface area (TPSA) is 46.6 Å². The van der Waals surface area contributed by atoms with Crippen LogP contribution in [0.15, 0.2) is 0 Å². The van der Waals surface area contributed by atoms with E-state index in [9.17, 15) is 9.59 Å². The van der Waals surface area contributed by atoms with Gasteiger partial charge in [0.2, 0.25) is 0 Å². The Morgan fingerprint density at radius 3 is 1.88 bits per heavy atom. The molecule has 0 aromatic rings. The largest absolute Gasteiger partial charge is 0.453 e. The molecule has 0 aromatic carbocycles. The normalized spacial score (nSPS) is 12.2. The molecule has 0 aliphatic rings. The molecule has 4 nitrogen and oxygen atoms in total. The van der Waals surface area contributed by atoms with Crippen LogP contribution in [-0.4, -0.2) is 36.0 Å². The maximum absolute atomic E-state index is 11.7. The van der Waals surface area contributed by atoms with E-state index < -0.39 is 17.5 Å². The molecule has 0 aliphatic carbocycles. The summed E-state index contributed by atoms with van der Waals surface area (Å²) in [6.45, 7) is 12.1. The lowest BCUT2D eigenvalue weighted by Gasteiger charge is -2.25. The van der Waals surface area contributed by atoms with Crippen LogP contribution in [-0.2, 0) is 14.3 Å². The van der Waals surface area contributed by atoms with Crippen LogP contribution in [0.3, 0.4) is 0 Å². The average Bonchev–Trinajstić information content (AvgIpc) is 2.08. The first kappa shape index (κ1) is 15.9. The zero-order valence-corrected chi connectivity index (χ0v) is 12.1. The Bertz CT molecular complexity index is 284. The first-order valence-electron chi connectivity index (χ1n) is 5.91. The van der Waals surface area contributed by atoms with E-state index in [1.54, 1.807) is 27.8 Å². The summed E-state index contributed by atoms with van der Waals surface area (Å²) in [6, 6.07) is 0. The fourth-order valence-electron chi connectivity index (χ4n) is 1.08. The monoisotopic (exact) mass is 243 g/mol. The number of nitrogens with zero attached hydrogens (tertiary/aromatic N) is 1. The molecule has 0 saturated carbocycles. The van der Waals surface area contributed by atoms with Crippen LogP contribution in [0.1, 0.15) is 48.0 Å². The minimum absolute atomic E-state index is 0.141. The van der Waals surface area contributed by atoms with E-state index in [1.165, 1.54) is 4.90 Å². The lowest BCUT2D eigenvalue weighted by molar-refractivity contribution is -0.167. The second-order valence-corrected chi connectivity index (χ2v) is 6.54. The molecule has 17 heavy (non-hydrogen) atoms. The predicted octanol–water partition coefficient (Wildman–Crippen LogP) is 2.22. The summed E-state index contributed by atoms with van der Waals surface area (Å²) < 4.78 is 5.02. The fourth-order valence-corrected chi connectivity index (χ4v) is 1.08. The molecule has 0 saturated heterocycles. The first-order chi connectivity index (χ1) is 7.42. The van der Waals surface area contributed by atoms with Crippen LogP contribution >= 0.6 is 0 Å². The summed E-state index contributed by atoms with van der Waals surface area (Å²) in [5.74, 6) is -1.36. The average molecular weight is 243 g/mol. The van der Waals surface area contributed by atoms with Crippen LogP contribution in [0.25, 0.3) is 0 Å². The number of carbonyl (C=O) groups excluding carboxylic acids is 2. The molecule has 0 rings (SSSR count). The molecule has 0 heterocycles. The zero-order chi connectivity index (χ0) is 13.9. The molecule has 0 radical (unpaired) electrons. The number of hydrogen-bond donors (Lipinski definition) is 0. The third-order valence-corrected chi connectivity index (χ3v) is 2.12. The highest BCUT2D eigenvalue weighted by atomic mass is 16.6. The van der Waals surface area contributed by atoms with E-state index in [1.807, 2.05) is 0 Å². The lowest BCUT2D eigenvalue weighted by atomic mass is 9.92. The van der Waals surface area contributed by atoms with Crippen molar-refractivity contribution in [2.45, 2.75) is 53.6 Å². The van der Waals surface area contributed by atoms with Crippen molar-refractivity contribution in [1.29, 1.82) is 0 Å². The van der Waals surface area contributed by atoms with Crippen molar-refractivity contribution >= 4 is 11.9 Å². The van der Waals surface area contributed by atoms with Gasteiger partial charge in [0.1, 0.15) is 5.60 Å². The summed E-state index contributed by atoms with van der Waals surface area (Å²) in [5.41, 5.74) is -0.486. The van der Waals surface area contributed by atoms with Gasteiger partial charge < -0.3 is 9.64 Å². The maximum atomic E-state index is 11.7. The minimum atomic E-state index is -0.783. The van der Waals surface area contributed by atoms with Crippen LogP contribution in [0.4, 0.5) is 0 Å². The Hall–Kier alpha value is -1.06. The second-order valence-electron chi connectivity index (χ2n) is 6.54. The first-order valence-corrected chi connectivity index (χ1v) is 5.91. The van der Waals surface area contributed by atoms with E-state index >= 15 is 0 Å². The summed E-state index contributed by atoms with van der Waals surface area (Å²) in [7, 11) is 1.62. The van der Waals surface area contributed by atoms with Gasteiger partial charge in [-0.2, -0.15) is 0 Å². The van der Waals surface area contributed by atoms with Crippen molar-refractivity contribution in [2.75, 3.05) is 13.6 Å². The quantitative estimate of drug-likeness (QED) is 0.552. The van der Waals surface area contributed by atoms with Crippen molar-refractivity contribution in [1.82, 2.24) is 4.90 Å². The highest BCUT2D eigenvalue weighted by Gasteiger charge is 2.26. The molecule has 0 unspecified atom stereocenters. The standard InChI is InChI=1S/C13H25NO3/c1-12(2,3)8-9-14(7)10(15)11(16)17-13(4,5)6/h8-9H2,1-7H3. The van der Waals surface area contributed by atoms with Gasteiger partial charge in [0.05, 0.1) is 0 Å². The molecule has 100 valence electrons. The van der Waals surface area contributed by atoms with Gasteiger partial charge in [0.15, 0.2) is 0 Å². The van der Waals surface area contributed by atoms with Crippen LogP contribution in [0, 0.1) is 5.41 Å². The van der Waals surface area contributed by atoms with Gasteiger partial charge in [0.25, 0.3) is 0 Å². The summed E-state index contributed by atoms with van der Waals surface area (Å²) in [5, 5.41) is 0. The third kappa shape index (κ3) is 7.77. The summed E-state index contributed by atoms with van der Waals surface area (Å²) in [4.78, 5) is 24.6. The Morgan fingerprint density at radius 2 is 1.53 bits per heavy atom. The van der Waals surface area contributed by atoms with Crippen LogP contribution in [0.5, 0.6) is 0 Å². The Morgan fingerprint density at radius 1 is 1.06 bits per heavy atom. The summed E-state index contributed by atoms with van der Waals surface area (Å²) >= 11 is 0. The smallest absolute Gasteiger partial charge is 0.397 e. The van der Waals surface area contributed by atoms with Gasteiger partial charge in [-0.15, -0.1) is 0 Å². The van der Waals surface area contributed by atoms with E-state index in [0.717, 1.165) is 6.42 Å². The van der Waals surface area contributed by atoms with Crippen LogP contribution < -0.4 is 0 Å². The maximum Gasteiger partial charge on any atom is 0.397 e. The molecule has 0 aromatic heterocycles. The number of amides is 1. The summed E-state index contributed by atoms with van der Waals surface area (Å²) in [6.07, 6.45) is 0.845. The highest BCUT2D eigenvalue weighted by Crippen LogP contribution is 2.18. The molecular weight excluding hydrogens is 218 g/mol. The Kier molecular flexibility index (Phi) is 5.17. The minimum Gasteiger partial charge on any atom is -0.453 e. The predicted molar refractivity (Wildman–Crippen MR) is 67.6 cm³/mol. The zero-order valence-electron chi connectivity index (χ0n) is 12.1. The van der Waals surface area contributed by atoms with Gasteiger partial charge in [-0.05, 0) is 32.6 Å². The van der Waals surface area contributed by atoms with E-state index in [4.69, 9.17) is 4.74 Å². The number of carbonyl (C=O) groups is 2. The van der Waals surface area contributed by atoms with Crippen LogP contribution in [0.2, 0.25) is 0 Å². The van der Waals surface area contributed by atoms with Gasteiger partial charge >= 0.3 is 11.9 Å². The Balaban J connectivity index is 4.27. The van der Waals surface area contributed by atoms with Gasteiger partial charge in [-0.1, -0.05) is 20.8 Å².